The maximum Gasteiger partial charge on any atom is 0.407 e. The molecule has 35 heavy (non-hydrogen) atoms. The maximum absolute atomic E-state index is 12.5. The average molecular weight is 479 g/mol. The number of fused-ring (bicyclic) bond motifs is 3. The van der Waals surface area contributed by atoms with Crippen LogP contribution < -0.4 is 10.6 Å². The van der Waals surface area contributed by atoms with Crippen LogP contribution in [0.25, 0.3) is 11.1 Å². The molecule has 0 bridgehead atoms. The molecule has 2 atom stereocenters. The number of amides is 2. The van der Waals surface area contributed by atoms with Crippen LogP contribution >= 0.6 is 0 Å². The largest absolute Gasteiger partial charge is 0.481 e. The fourth-order valence-corrected chi connectivity index (χ4v) is 5.36. The molecule has 0 aromatic heterocycles. The summed E-state index contributed by atoms with van der Waals surface area (Å²) in [5.74, 6) is -1.60. The molecule has 2 unspecified atom stereocenters. The van der Waals surface area contributed by atoms with Gasteiger partial charge in [0.1, 0.15) is 12.6 Å². The van der Waals surface area contributed by atoms with E-state index >= 15 is 0 Å². The van der Waals surface area contributed by atoms with Crippen LogP contribution in [0.1, 0.15) is 62.5 Å². The van der Waals surface area contributed by atoms with Crippen LogP contribution in [0.5, 0.6) is 0 Å². The van der Waals surface area contributed by atoms with Crippen molar-refractivity contribution in [3.8, 4) is 11.1 Å². The molecule has 2 aliphatic carbocycles. The van der Waals surface area contributed by atoms with E-state index in [4.69, 9.17) is 4.74 Å². The fraction of sp³-hybridized carbons (Fsp3) is 0.464. The van der Waals surface area contributed by atoms with Crippen molar-refractivity contribution < 1.29 is 24.2 Å². The molecule has 0 aliphatic heterocycles. The molecule has 2 amide bonds. The molecule has 2 aliphatic rings. The van der Waals surface area contributed by atoms with Gasteiger partial charge in [0, 0.05) is 12.5 Å². The van der Waals surface area contributed by atoms with E-state index in [9.17, 15) is 19.5 Å². The zero-order valence-corrected chi connectivity index (χ0v) is 20.2. The van der Waals surface area contributed by atoms with Crippen molar-refractivity contribution in [1.29, 1.82) is 0 Å². The quantitative estimate of drug-likeness (QED) is 0.485. The summed E-state index contributed by atoms with van der Waals surface area (Å²) < 4.78 is 5.50. The molecule has 0 heterocycles. The first-order valence-corrected chi connectivity index (χ1v) is 12.6. The lowest BCUT2D eigenvalue weighted by Crippen LogP contribution is -2.47. The van der Waals surface area contributed by atoms with Gasteiger partial charge in [-0.05, 0) is 41.5 Å². The number of ether oxygens (including phenoxy) is 1. The minimum Gasteiger partial charge on any atom is -0.481 e. The Kier molecular flexibility index (Phi) is 8.06. The number of carboxylic acids is 1. The highest BCUT2D eigenvalue weighted by atomic mass is 16.5. The summed E-state index contributed by atoms with van der Waals surface area (Å²) in [6.45, 7) is 1.78. The third kappa shape index (κ3) is 6.02. The Balaban J connectivity index is 1.26. The van der Waals surface area contributed by atoms with Gasteiger partial charge in [0.2, 0.25) is 5.91 Å². The molecule has 0 saturated heterocycles. The van der Waals surface area contributed by atoms with Crippen LogP contribution in [0.4, 0.5) is 4.79 Å². The van der Waals surface area contributed by atoms with E-state index in [1.54, 1.807) is 6.92 Å². The van der Waals surface area contributed by atoms with Gasteiger partial charge in [-0.2, -0.15) is 0 Å². The highest BCUT2D eigenvalue weighted by Crippen LogP contribution is 2.44. The predicted octanol–water partition coefficient (Wildman–Crippen LogP) is 4.70. The second-order valence-electron chi connectivity index (χ2n) is 9.71. The molecule has 3 N–H and O–H groups in total. The SMILES string of the molecule is CC(NC(=O)OCC1c2ccccc2-c2ccccc21)C(=O)NCC(CC1CCCCC1)C(=O)O. The van der Waals surface area contributed by atoms with Crippen LogP contribution in [-0.4, -0.2) is 42.3 Å². The van der Waals surface area contributed by atoms with E-state index in [-0.39, 0.29) is 19.1 Å². The lowest BCUT2D eigenvalue weighted by molar-refractivity contribution is -0.142. The van der Waals surface area contributed by atoms with Crippen molar-refractivity contribution in [2.75, 3.05) is 13.2 Å². The van der Waals surface area contributed by atoms with Crippen LogP contribution in [0.15, 0.2) is 48.5 Å². The second kappa shape index (κ2) is 11.4. The second-order valence-corrected chi connectivity index (χ2v) is 9.71. The first kappa shape index (κ1) is 24.8. The van der Waals surface area contributed by atoms with Crippen molar-refractivity contribution in [2.24, 2.45) is 11.8 Å². The van der Waals surface area contributed by atoms with Crippen LogP contribution in [-0.2, 0) is 14.3 Å². The number of nitrogens with one attached hydrogen (secondary N) is 2. The van der Waals surface area contributed by atoms with Crippen LogP contribution in [0.2, 0.25) is 0 Å². The zero-order chi connectivity index (χ0) is 24.8. The van der Waals surface area contributed by atoms with Gasteiger partial charge in [-0.15, -0.1) is 0 Å². The Morgan fingerprint density at radius 2 is 1.57 bits per heavy atom. The standard InChI is InChI=1S/C28H34N2O5/c1-18(26(31)29-16-20(27(32)33)15-19-9-3-2-4-10-19)30-28(34)35-17-25-23-13-7-5-11-21(23)22-12-6-8-14-24(22)25/h5-8,11-14,18-20,25H,2-4,9-10,15-17H2,1H3,(H,29,31)(H,30,34)(H,32,33). The van der Waals surface area contributed by atoms with Gasteiger partial charge in [-0.25, -0.2) is 4.79 Å². The summed E-state index contributed by atoms with van der Waals surface area (Å²) in [5, 5.41) is 14.8. The first-order valence-electron chi connectivity index (χ1n) is 12.6. The predicted molar refractivity (Wildman–Crippen MR) is 133 cm³/mol. The Morgan fingerprint density at radius 3 is 2.17 bits per heavy atom. The number of hydrogen-bond donors (Lipinski definition) is 3. The number of rotatable bonds is 9. The molecule has 4 rings (SSSR count). The van der Waals surface area contributed by atoms with Crippen molar-refractivity contribution in [2.45, 2.75) is 57.4 Å². The van der Waals surface area contributed by atoms with Gasteiger partial charge in [-0.1, -0.05) is 80.6 Å². The topological polar surface area (TPSA) is 105 Å². The van der Waals surface area contributed by atoms with E-state index in [1.807, 2.05) is 36.4 Å². The number of aliphatic carboxylic acids is 1. The van der Waals surface area contributed by atoms with Crippen molar-refractivity contribution in [3.63, 3.8) is 0 Å². The Hall–Kier alpha value is -3.35. The van der Waals surface area contributed by atoms with E-state index in [0.29, 0.717) is 12.3 Å². The number of carboxylic acid groups (broad SMARTS) is 1. The van der Waals surface area contributed by atoms with Crippen molar-refractivity contribution >= 4 is 18.0 Å². The first-order chi connectivity index (χ1) is 16.9. The number of hydrogen-bond acceptors (Lipinski definition) is 4. The molecule has 7 heteroatoms. The number of benzene rings is 2. The molecule has 0 radical (unpaired) electrons. The average Bonchev–Trinajstić information content (AvgIpc) is 3.19. The summed E-state index contributed by atoms with van der Waals surface area (Å²) in [5.41, 5.74) is 4.52. The molecule has 7 nitrogen and oxygen atoms in total. The molecule has 1 fully saturated rings. The van der Waals surface area contributed by atoms with E-state index in [1.165, 1.54) is 6.42 Å². The molecule has 0 spiro atoms. The number of carbonyl (C=O) groups is 3. The molecule has 1 saturated carbocycles. The van der Waals surface area contributed by atoms with Gasteiger partial charge in [-0.3, -0.25) is 9.59 Å². The molecule has 2 aromatic carbocycles. The van der Waals surface area contributed by atoms with Crippen molar-refractivity contribution in [3.05, 3.63) is 59.7 Å². The Labute approximate surface area is 206 Å². The van der Waals surface area contributed by atoms with Gasteiger partial charge in [0.05, 0.1) is 5.92 Å². The van der Waals surface area contributed by atoms with Crippen LogP contribution in [0, 0.1) is 11.8 Å². The van der Waals surface area contributed by atoms with E-state index in [0.717, 1.165) is 47.9 Å². The molecule has 2 aromatic rings. The normalized spacial score (nSPS) is 17.1. The lowest BCUT2D eigenvalue weighted by Gasteiger charge is -2.25. The summed E-state index contributed by atoms with van der Waals surface area (Å²) in [4.78, 5) is 36.6. The lowest BCUT2D eigenvalue weighted by atomic mass is 9.82. The maximum atomic E-state index is 12.5. The third-order valence-corrected chi connectivity index (χ3v) is 7.29. The summed E-state index contributed by atoms with van der Waals surface area (Å²) in [7, 11) is 0. The summed E-state index contributed by atoms with van der Waals surface area (Å²) >= 11 is 0. The van der Waals surface area contributed by atoms with E-state index in [2.05, 4.69) is 22.8 Å². The summed E-state index contributed by atoms with van der Waals surface area (Å²) in [6.07, 6.45) is 5.50. The fourth-order valence-electron chi connectivity index (χ4n) is 5.36. The highest BCUT2D eigenvalue weighted by Gasteiger charge is 2.30. The van der Waals surface area contributed by atoms with Gasteiger partial charge in [0.15, 0.2) is 0 Å². The minimum atomic E-state index is -0.895. The smallest absolute Gasteiger partial charge is 0.407 e. The van der Waals surface area contributed by atoms with Crippen molar-refractivity contribution in [1.82, 2.24) is 10.6 Å². The Morgan fingerprint density at radius 1 is 0.971 bits per heavy atom. The van der Waals surface area contributed by atoms with Gasteiger partial charge >= 0.3 is 12.1 Å². The van der Waals surface area contributed by atoms with Gasteiger partial charge < -0.3 is 20.5 Å². The van der Waals surface area contributed by atoms with Crippen LogP contribution in [0.3, 0.4) is 0 Å². The zero-order valence-electron chi connectivity index (χ0n) is 20.2. The molecular weight excluding hydrogens is 444 g/mol. The number of carbonyl (C=O) groups excluding carboxylic acids is 2. The Bertz CT molecular complexity index is 1020. The van der Waals surface area contributed by atoms with Gasteiger partial charge in [0.25, 0.3) is 0 Å². The summed E-state index contributed by atoms with van der Waals surface area (Å²) in [6, 6.07) is 15.3. The molecule has 186 valence electrons. The monoisotopic (exact) mass is 478 g/mol. The minimum absolute atomic E-state index is 0.0569. The third-order valence-electron chi connectivity index (χ3n) is 7.29. The van der Waals surface area contributed by atoms with E-state index < -0.39 is 29.9 Å². The number of alkyl carbamates (subject to hydrolysis) is 1. The molecular formula is C28H34N2O5. The highest BCUT2D eigenvalue weighted by molar-refractivity contribution is 5.85.